The molecule has 130 valence electrons. The van der Waals surface area contributed by atoms with Gasteiger partial charge >= 0.3 is 0 Å². The zero-order valence-corrected chi connectivity index (χ0v) is 14.4. The van der Waals surface area contributed by atoms with Crippen molar-refractivity contribution < 1.29 is 19.2 Å². The molecule has 5 heteroatoms. The van der Waals surface area contributed by atoms with E-state index in [1.165, 1.54) is 19.3 Å². The lowest BCUT2D eigenvalue weighted by molar-refractivity contribution is -0.590. The summed E-state index contributed by atoms with van der Waals surface area (Å²) < 4.78 is 11.7. The van der Waals surface area contributed by atoms with Crippen LogP contribution in [-0.2, 0) is 14.5 Å². The first-order valence-corrected chi connectivity index (χ1v) is 9.39. The molecule has 0 radical (unpaired) electrons. The third-order valence-corrected chi connectivity index (χ3v) is 6.87. The maximum atomic E-state index is 6.82. The number of halogens is 1. The molecule has 1 aliphatic heterocycles. The third-order valence-electron chi connectivity index (χ3n) is 6.40. The minimum Gasteiger partial charge on any atom is -0.491 e. The molecular formula is C19H23ClO4. The van der Waals surface area contributed by atoms with Crippen molar-refractivity contribution in [2.24, 2.45) is 17.8 Å². The van der Waals surface area contributed by atoms with Crippen molar-refractivity contribution in [3.8, 4) is 5.75 Å². The second kappa shape index (κ2) is 5.60. The van der Waals surface area contributed by atoms with Crippen LogP contribution in [0.1, 0.15) is 32.1 Å². The van der Waals surface area contributed by atoms with Gasteiger partial charge in [-0.05, 0) is 62.0 Å². The molecular weight excluding hydrogens is 328 g/mol. The first-order valence-electron chi connectivity index (χ1n) is 9.01. The van der Waals surface area contributed by atoms with E-state index in [1.54, 1.807) is 0 Å². The van der Waals surface area contributed by atoms with Crippen molar-refractivity contribution in [1.82, 2.24) is 0 Å². The maximum absolute atomic E-state index is 6.82. The van der Waals surface area contributed by atoms with Gasteiger partial charge in [0.2, 0.25) is 6.29 Å². The van der Waals surface area contributed by atoms with Crippen LogP contribution in [0, 0.1) is 17.8 Å². The van der Waals surface area contributed by atoms with Crippen LogP contribution in [0.4, 0.5) is 0 Å². The van der Waals surface area contributed by atoms with E-state index >= 15 is 0 Å². The van der Waals surface area contributed by atoms with Gasteiger partial charge in [-0.25, -0.2) is 9.78 Å². The van der Waals surface area contributed by atoms with Crippen LogP contribution < -0.4 is 4.74 Å². The van der Waals surface area contributed by atoms with E-state index in [0.717, 1.165) is 24.5 Å². The quantitative estimate of drug-likeness (QED) is 0.458. The van der Waals surface area contributed by atoms with Crippen LogP contribution in [-0.4, -0.2) is 30.0 Å². The minimum absolute atomic E-state index is 0.00166. The van der Waals surface area contributed by atoms with Crippen LogP contribution >= 0.6 is 11.6 Å². The highest BCUT2D eigenvalue weighted by atomic mass is 35.5. The molecule has 0 N–H and O–H groups in total. The van der Waals surface area contributed by atoms with Crippen LogP contribution in [0.25, 0.3) is 0 Å². The first kappa shape index (κ1) is 15.4. The fourth-order valence-electron chi connectivity index (χ4n) is 5.61. The highest BCUT2D eigenvalue weighted by Crippen LogP contribution is 2.66. The predicted molar refractivity (Wildman–Crippen MR) is 88.7 cm³/mol. The first-order chi connectivity index (χ1) is 11.7. The number of hydrogen-bond acceptors (Lipinski definition) is 4. The van der Waals surface area contributed by atoms with Gasteiger partial charge in [-0.15, -0.1) is 11.6 Å². The van der Waals surface area contributed by atoms with Crippen molar-refractivity contribution in [3.63, 3.8) is 0 Å². The number of rotatable bonds is 5. The van der Waals surface area contributed by atoms with Crippen molar-refractivity contribution in [2.45, 2.75) is 48.9 Å². The molecule has 3 unspecified atom stereocenters. The average molecular weight is 351 g/mol. The molecule has 6 rings (SSSR count). The second-order valence-corrected chi connectivity index (χ2v) is 8.69. The normalized spacial score (nSPS) is 45.4. The van der Waals surface area contributed by atoms with Crippen molar-refractivity contribution >= 4 is 11.6 Å². The van der Waals surface area contributed by atoms with Crippen LogP contribution in [0.5, 0.6) is 5.75 Å². The van der Waals surface area contributed by atoms with E-state index < -0.39 is 0 Å². The fourth-order valence-corrected chi connectivity index (χ4v) is 6.21. The monoisotopic (exact) mass is 350 g/mol. The molecule has 4 nitrogen and oxygen atoms in total. The zero-order chi connectivity index (χ0) is 16.2. The van der Waals surface area contributed by atoms with E-state index in [-0.39, 0.29) is 16.8 Å². The van der Waals surface area contributed by atoms with E-state index in [0.29, 0.717) is 25.0 Å². The molecule has 4 aliphatic carbocycles. The summed E-state index contributed by atoms with van der Waals surface area (Å²) in [5, 5.41) is 0. The van der Waals surface area contributed by atoms with Crippen molar-refractivity contribution in [2.75, 3.05) is 13.2 Å². The highest BCUT2D eigenvalue weighted by Gasteiger charge is 2.71. The van der Waals surface area contributed by atoms with Crippen LogP contribution in [0.3, 0.4) is 0 Å². The lowest BCUT2D eigenvalue weighted by atomic mass is 9.49. The van der Waals surface area contributed by atoms with Gasteiger partial charge in [-0.3, -0.25) is 0 Å². The summed E-state index contributed by atoms with van der Waals surface area (Å²) in [7, 11) is 0. The van der Waals surface area contributed by atoms with Gasteiger partial charge in [0.25, 0.3) is 0 Å². The molecule has 0 aromatic heterocycles. The Balaban J connectivity index is 1.20. The van der Waals surface area contributed by atoms with Gasteiger partial charge in [0.15, 0.2) is 5.60 Å². The molecule has 1 saturated heterocycles. The molecule has 5 fully saturated rings. The Bertz CT molecular complexity index is 591. The largest absolute Gasteiger partial charge is 0.491 e. The molecule has 24 heavy (non-hydrogen) atoms. The summed E-state index contributed by atoms with van der Waals surface area (Å²) in [5.41, 5.74) is -0.262. The third kappa shape index (κ3) is 2.31. The van der Waals surface area contributed by atoms with Gasteiger partial charge in [0.1, 0.15) is 12.4 Å². The zero-order valence-electron chi connectivity index (χ0n) is 13.7. The molecule has 3 atom stereocenters. The standard InChI is InChI=1S/C19H23ClO4/c20-18-10-13-8-14(11-18)19(15(9-13)12-18)17(23-24-19)22-7-6-21-16-4-2-1-3-5-16/h1-5,13-15,17H,6-12H2. The SMILES string of the molecule is ClC12CC3CC(C1)C1(OOC1OCCOc1ccccc1)C(C3)C2. The molecule has 4 saturated carbocycles. The van der Waals surface area contributed by atoms with E-state index in [9.17, 15) is 0 Å². The lowest BCUT2D eigenvalue weighted by Gasteiger charge is -2.66. The average Bonchev–Trinajstić information content (AvgIpc) is 2.53. The number of alkyl halides is 1. The predicted octanol–water partition coefficient (Wildman–Crippen LogP) is 3.93. The molecule has 1 heterocycles. The topological polar surface area (TPSA) is 36.9 Å². The van der Waals surface area contributed by atoms with E-state index in [2.05, 4.69) is 0 Å². The summed E-state index contributed by atoms with van der Waals surface area (Å²) in [6, 6.07) is 9.79. The minimum atomic E-state index is -0.271. The molecule has 1 aromatic rings. The van der Waals surface area contributed by atoms with Crippen LogP contribution in [0.2, 0.25) is 0 Å². The Morgan fingerprint density at radius 2 is 1.79 bits per heavy atom. The van der Waals surface area contributed by atoms with Crippen molar-refractivity contribution in [3.05, 3.63) is 30.3 Å². The van der Waals surface area contributed by atoms with Crippen molar-refractivity contribution in [1.29, 1.82) is 0 Å². The summed E-state index contributed by atoms with van der Waals surface area (Å²) in [6.45, 7) is 1.01. The Morgan fingerprint density at radius 3 is 2.42 bits per heavy atom. The van der Waals surface area contributed by atoms with E-state index in [4.69, 9.17) is 30.8 Å². The Hall–Kier alpha value is -0.810. The van der Waals surface area contributed by atoms with Gasteiger partial charge in [-0.1, -0.05) is 18.2 Å². The summed E-state index contributed by atoms with van der Waals surface area (Å²) in [6.07, 6.45) is 5.38. The van der Waals surface area contributed by atoms with Gasteiger partial charge in [0, 0.05) is 4.87 Å². The Morgan fingerprint density at radius 1 is 1.04 bits per heavy atom. The summed E-state index contributed by atoms with van der Waals surface area (Å²) in [4.78, 5) is 11.1. The van der Waals surface area contributed by atoms with Crippen LogP contribution in [0.15, 0.2) is 30.3 Å². The number of hydrogen-bond donors (Lipinski definition) is 0. The second-order valence-electron chi connectivity index (χ2n) is 7.89. The highest BCUT2D eigenvalue weighted by molar-refractivity contribution is 6.24. The summed E-state index contributed by atoms with van der Waals surface area (Å²) >= 11 is 6.82. The number of ether oxygens (including phenoxy) is 2. The lowest BCUT2D eigenvalue weighted by Crippen LogP contribution is -2.73. The Kier molecular flexibility index (Phi) is 3.60. The smallest absolute Gasteiger partial charge is 0.224 e. The maximum Gasteiger partial charge on any atom is 0.224 e. The Labute approximate surface area is 147 Å². The van der Waals surface area contributed by atoms with E-state index in [1.807, 2.05) is 30.3 Å². The number of para-hydroxylation sites is 1. The summed E-state index contributed by atoms with van der Waals surface area (Å²) in [5.74, 6) is 2.56. The molecule has 5 aliphatic rings. The molecule has 1 aromatic carbocycles. The molecule has 0 amide bonds. The van der Waals surface area contributed by atoms with Gasteiger partial charge in [0.05, 0.1) is 6.61 Å². The van der Waals surface area contributed by atoms with Gasteiger partial charge < -0.3 is 9.47 Å². The molecule has 4 bridgehead atoms. The van der Waals surface area contributed by atoms with Gasteiger partial charge in [-0.2, -0.15) is 0 Å². The molecule has 1 spiro atoms. The fraction of sp³-hybridized carbons (Fsp3) is 0.684. The number of benzene rings is 1.